The molecule has 0 amide bonds. The fourth-order valence-electron chi connectivity index (χ4n) is 2.56. The van der Waals surface area contributed by atoms with Crippen molar-refractivity contribution in [2.45, 2.75) is 19.4 Å². The summed E-state index contributed by atoms with van der Waals surface area (Å²) in [6.07, 6.45) is 1.11. The Balaban J connectivity index is 2.35. The highest BCUT2D eigenvalue weighted by molar-refractivity contribution is 6.39. The van der Waals surface area contributed by atoms with Gasteiger partial charge in [0.1, 0.15) is 0 Å². The number of nitrogens with zero attached hydrogens (tertiary/aromatic N) is 2. The topological polar surface area (TPSA) is 32.5 Å². The summed E-state index contributed by atoms with van der Waals surface area (Å²) in [5.74, 6) is 0. The van der Waals surface area contributed by atoms with Crippen molar-refractivity contribution in [3.63, 3.8) is 0 Å². The molecule has 1 aliphatic rings. The highest BCUT2D eigenvalue weighted by Gasteiger charge is 2.23. The van der Waals surface area contributed by atoms with Crippen LogP contribution in [0.5, 0.6) is 0 Å². The van der Waals surface area contributed by atoms with Gasteiger partial charge in [-0.25, -0.2) is 0 Å². The molecule has 1 heterocycles. The van der Waals surface area contributed by atoms with Crippen LogP contribution in [0.1, 0.15) is 13.3 Å². The highest BCUT2D eigenvalue weighted by atomic mass is 35.5. The van der Waals surface area contributed by atoms with Crippen LogP contribution < -0.4 is 10.6 Å². The summed E-state index contributed by atoms with van der Waals surface area (Å²) < 4.78 is 0. The van der Waals surface area contributed by atoms with Crippen LogP contribution in [0.25, 0.3) is 0 Å². The number of likely N-dealkylation sites (N-methyl/N-ethyl adjacent to an activating group) is 1. The van der Waals surface area contributed by atoms with E-state index in [9.17, 15) is 0 Å². The Morgan fingerprint density at radius 2 is 1.83 bits per heavy atom. The fraction of sp³-hybridized carbons (Fsp3) is 0.538. The number of nitrogen functional groups attached to an aromatic ring is 1. The van der Waals surface area contributed by atoms with E-state index in [1.54, 1.807) is 12.1 Å². The van der Waals surface area contributed by atoms with Crippen molar-refractivity contribution >= 4 is 34.6 Å². The van der Waals surface area contributed by atoms with E-state index in [0.29, 0.717) is 21.8 Å². The molecular weight excluding hydrogens is 269 g/mol. The minimum absolute atomic E-state index is 0.385. The smallest absolute Gasteiger partial charge is 0.0749 e. The minimum atomic E-state index is 0.385. The molecule has 0 aliphatic carbocycles. The lowest BCUT2D eigenvalue weighted by molar-refractivity contribution is 0.337. The molecule has 1 unspecified atom stereocenters. The van der Waals surface area contributed by atoms with Gasteiger partial charge in [0.2, 0.25) is 0 Å². The quantitative estimate of drug-likeness (QED) is 0.806. The molecule has 0 aromatic heterocycles. The van der Waals surface area contributed by atoms with Crippen LogP contribution in [-0.2, 0) is 0 Å². The summed E-state index contributed by atoms with van der Waals surface area (Å²) in [5, 5.41) is 1.27. The van der Waals surface area contributed by atoms with Crippen LogP contribution in [0.15, 0.2) is 12.1 Å². The number of anilines is 2. The van der Waals surface area contributed by atoms with Crippen molar-refractivity contribution in [1.29, 1.82) is 0 Å². The van der Waals surface area contributed by atoms with Crippen molar-refractivity contribution in [2.75, 3.05) is 37.3 Å². The lowest BCUT2D eigenvalue weighted by atomic mass is 10.2. The van der Waals surface area contributed by atoms with Crippen molar-refractivity contribution in [3.05, 3.63) is 22.2 Å². The van der Waals surface area contributed by atoms with Crippen molar-refractivity contribution in [3.8, 4) is 0 Å². The Morgan fingerprint density at radius 3 is 2.44 bits per heavy atom. The van der Waals surface area contributed by atoms with Gasteiger partial charge < -0.3 is 15.5 Å². The van der Waals surface area contributed by atoms with Gasteiger partial charge in [-0.05, 0) is 39.1 Å². The molecule has 1 saturated heterocycles. The second kappa shape index (κ2) is 5.55. The predicted octanol–water partition coefficient (Wildman–Crippen LogP) is 3.11. The zero-order valence-corrected chi connectivity index (χ0v) is 12.3. The molecular formula is C13H19Cl2N3. The molecule has 0 bridgehead atoms. The molecule has 1 aromatic rings. The van der Waals surface area contributed by atoms with Gasteiger partial charge in [0.25, 0.3) is 0 Å². The van der Waals surface area contributed by atoms with Crippen LogP contribution in [0, 0.1) is 0 Å². The van der Waals surface area contributed by atoms with Crippen molar-refractivity contribution < 1.29 is 0 Å². The summed E-state index contributed by atoms with van der Waals surface area (Å²) in [6.45, 7) is 5.28. The number of hydrogen-bond acceptors (Lipinski definition) is 3. The van der Waals surface area contributed by atoms with Gasteiger partial charge in [0.15, 0.2) is 0 Å². The van der Waals surface area contributed by atoms with Crippen LogP contribution in [0.2, 0.25) is 10.0 Å². The molecule has 0 saturated carbocycles. The van der Waals surface area contributed by atoms with E-state index in [1.807, 2.05) is 0 Å². The summed E-state index contributed by atoms with van der Waals surface area (Å²) in [5.41, 5.74) is 7.27. The summed E-state index contributed by atoms with van der Waals surface area (Å²) >= 11 is 12.6. The Hall–Kier alpha value is -0.640. The molecule has 1 aromatic carbocycles. The Labute approximate surface area is 118 Å². The molecule has 5 heteroatoms. The highest BCUT2D eigenvalue weighted by Crippen LogP contribution is 2.37. The maximum atomic E-state index is 6.30. The van der Waals surface area contributed by atoms with E-state index in [2.05, 4.69) is 23.8 Å². The molecule has 100 valence electrons. The molecule has 3 nitrogen and oxygen atoms in total. The third kappa shape index (κ3) is 2.85. The molecule has 1 fully saturated rings. The lowest BCUT2D eigenvalue weighted by Crippen LogP contribution is -2.38. The third-order valence-corrected chi connectivity index (χ3v) is 3.95. The number of benzene rings is 1. The first-order valence-corrected chi connectivity index (χ1v) is 6.94. The Morgan fingerprint density at radius 1 is 1.22 bits per heavy atom. The van der Waals surface area contributed by atoms with E-state index in [4.69, 9.17) is 28.9 Å². The Kier molecular flexibility index (Phi) is 4.25. The largest absolute Gasteiger partial charge is 0.399 e. The van der Waals surface area contributed by atoms with E-state index in [1.165, 1.54) is 0 Å². The van der Waals surface area contributed by atoms with E-state index < -0.39 is 0 Å². The van der Waals surface area contributed by atoms with Gasteiger partial charge in [-0.1, -0.05) is 23.2 Å². The van der Waals surface area contributed by atoms with Gasteiger partial charge >= 0.3 is 0 Å². The van der Waals surface area contributed by atoms with Gasteiger partial charge in [-0.3, -0.25) is 0 Å². The molecule has 2 N–H and O–H groups in total. The van der Waals surface area contributed by atoms with Gasteiger partial charge in [0, 0.05) is 24.8 Å². The number of nitrogens with two attached hydrogens (primary N) is 1. The first kappa shape index (κ1) is 13.8. The average molecular weight is 288 g/mol. The second-order valence-corrected chi connectivity index (χ2v) is 5.81. The number of rotatable bonds is 1. The zero-order chi connectivity index (χ0) is 13.3. The summed E-state index contributed by atoms with van der Waals surface area (Å²) in [4.78, 5) is 4.62. The van der Waals surface area contributed by atoms with Gasteiger partial charge in [0.05, 0.1) is 15.7 Å². The molecule has 0 radical (unpaired) electrons. The second-order valence-electron chi connectivity index (χ2n) is 4.99. The van der Waals surface area contributed by atoms with Crippen molar-refractivity contribution in [2.24, 2.45) is 0 Å². The zero-order valence-electron chi connectivity index (χ0n) is 10.8. The molecule has 0 spiro atoms. The first-order valence-electron chi connectivity index (χ1n) is 6.18. The monoisotopic (exact) mass is 287 g/mol. The fourth-order valence-corrected chi connectivity index (χ4v) is 3.29. The number of hydrogen-bond donors (Lipinski definition) is 1. The van der Waals surface area contributed by atoms with Crippen molar-refractivity contribution in [1.82, 2.24) is 4.90 Å². The molecule has 1 atom stereocenters. The lowest BCUT2D eigenvalue weighted by Gasteiger charge is -2.31. The van der Waals surface area contributed by atoms with Crippen LogP contribution in [0.4, 0.5) is 11.4 Å². The minimum Gasteiger partial charge on any atom is -0.399 e. The van der Waals surface area contributed by atoms with E-state index >= 15 is 0 Å². The Bertz CT molecular complexity index is 413. The maximum Gasteiger partial charge on any atom is 0.0749 e. The standard InChI is InChI=1S/C13H19Cl2N3/c1-9-8-17(2)4-3-5-18(9)13-11(14)6-10(16)7-12(13)15/h6-7,9H,3-5,8,16H2,1-2H3. The molecule has 1 aliphatic heterocycles. The summed E-state index contributed by atoms with van der Waals surface area (Å²) in [6, 6.07) is 3.92. The summed E-state index contributed by atoms with van der Waals surface area (Å²) in [7, 11) is 2.15. The normalized spacial score (nSPS) is 22.0. The third-order valence-electron chi connectivity index (χ3n) is 3.37. The first-order chi connectivity index (χ1) is 8.49. The predicted molar refractivity (Wildman–Crippen MR) is 79.8 cm³/mol. The maximum absolute atomic E-state index is 6.30. The van der Waals surface area contributed by atoms with Gasteiger partial charge in [-0.15, -0.1) is 0 Å². The molecule has 18 heavy (non-hydrogen) atoms. The molecule has 2 rings (SSSR count). The van der Waals surface area contributed by atoms with Gasteiger partial charge in [-0.2, -0.15) is 0 Å². The van der Waals surface area contributed by atoms with Crippen LogP contribution in [0.3, 0.4) is 0 Å². The van der Waals surface area contributed by atoms with E-state index in [-0.39, 0.29) is 0 Å². The van der Waals surface area contributed by atoms with Crippen LogP contribution in [-0.4, -0.2) is 37.6 Å². The number of halogens is 2. The van der Waals surface area contributed by atoms with Crippen LogP contribution >= 0.6 is 23.2 Å². The SMILES string of the molecule is CC1CN(C)CCCN1c1c(Cl)cc(N)cc1Cl. The van der Waals surface area contributed by atoms with E-state index in [0.717, 1.165) is 31.7 Å². The average Bonchev–Trinajstić information content (AvgIpc) is 2.39.